The average molecular weight is 480 g/mol. The number of hydrogen-bond acceptors (Lipinski definition) is 6. The first-order valence-corrected chi connectivity index (χ1v) is 10.5. The van der Waals surface area contributed by atoms with Crippen LogP contribution in [0, 0.1) is 11.8 Å². The van der Waals surface area contributed by atoms with Gasteiger partial charge in [0.1, 0.15) is 18.5 Å². The van der Waals surface area contributed by atoms with E-state index in [0.717, 1.165) is 12.1 Å². The van der Waals surface area contributed by atoms with E-state index in [0.29, 0.717) is 19.3 Å². The van der Waals surface area contributed by atoms with E-state index in [2.05, 4.69) is 0 Å². The van der Waals surface area contributed by atoms with Gasteiger partial charge in [0.25, 0.3) is 0 Å². The van der Waals surface area contributed by atoms with E-state index < -0.39 is 41.9 Å². The number of carbonyl (C=O) groups excluding carboxylic acids is 1. The molecule has 5 atom stereocenters. The standard InChI is InChI=1S/C23H29F3O6.Na/c24-23(25,26)15-6-5-7-17(12-15)32-14-16(27)10-11-19-18(20(28)13-21(19)29)8-3-1-2-4-9-22(30)31;/h1,3,5-7,10-12,16,18-21,27-29H,2,4,8-9,13-14H2,(H,30,31);/q;+1/p-1/b3-1-,11-10+;. The summed E-state index contributed by atoms with van der Waals surface area (Å²) in [6.45, 7) is -0.272. The molecule has 1 aliphatic carbocycles. The predicted octanol–water partition coefficient (Wildman–Crippen LogP) is -0.770. The Morgan fingerprint density at radius 2 is 1.97 bits per heavy atom. The van der Waals surface area contributed by atoms with Gasteiger partial charge in [0.05, 0.1) is 17.8 Å². The third-order valence-electron chi connectivity index (χ3n) is 5.38. The van der Waals surface area contributed by atoms with Crippen LogP contribution >= 0.6 is 0 Å². The molecule has 0 aromatic heterocycles. The van der Waals surface area contributed by atoms with Gasteiger partial charge in [-0.25, -0.2) is 0 Å². The summed E-state index contributed by atoms with van der Waals surface area (Å²) in [5.74, 6) is -1.82. The zero-order valence-electron chi connectivity index (χ0n) is 18.4. The second-order valence-corrected chi connectivity index (χ2v) is 7.87. The number of halogens is 3. The van der Waals surface area contributed by atoms with Crippen molar-refractivity contribution in [1.82, 2.24) is 0 Å². The Balaban J connectivity index is 0.00000544. The monoisotopic (exact) mass is 480 g/mol. The van der Waals surface area contributed by atoms with Gasteiger partial charge in [0.2, 0.25) is 0 Å². The maximum atomic E-state index is 12.8. The number of aliphatic hydroxyl groups excluding tert-OH is 3. The normalized spacial score (nSPS) is 24.2. The summed E-state index contributed by atoms with van der Waals surface area (Å²) in [5.41, 5.74) is -0.848. The third kappa shape index (κ3) is 10.2. The number of allylic oxidation sites excluding steroid dienone is 2. The molecule has 1 fully saturated rings. The molecule has 0 aliphatic heterocycles. The number of carboxylic acid groups (broad SMARTS) is 1. The molecule has 0 saturated heterocycles. The molecule has 10 heteroatoms. The van der Waals surface area contributed by atoms with E-state index in [1.807, 2.05) is 12.2 Å². The fourth-order valence-corrected chi connectivity index (χ4v) is 3.70. The Morgan fingerprint density at radius 3 is 2.64 bits per heavy atom. The van der Waals surface area contributed by atoms with Crippen LogP contribution < -0.4 is 39.4 Å². The molecule has 6 nitrogen and oxygen atoms in total. The Bertz CT molecular complexity index is 799. The van der Waals surface area contributed by atoms with Crippen LogP contribution in [-0.2, 0) is 11.0 Å². The van der Waals surface area contributed by atoms with Gasteiger partial charge in [0, 0.05) is 18.3 Å². The first kappa shape index (κ1) is 29.7. The molecule has 33 heavy (non-hydrogen) atoms. The number of unbranched alkanes of at least 4 members (excludes halogenated alkanes) is 1. The molecular weight excluding hydrogens is 452 g/mol. The van der Waals surface area contributed by atoms with E-state index in [1.165, 1.54) is 18.2 Å². The minimum Gasteiger partial charge on any atom is -0.550 e. The molecule has 0 amide bonds. The number of carboxylic acids is 1. The molecule has 0 spiro atoms. The van der Waals surface area contributed by atoms with Crippen LogP contribution in [0.1, 0.15) is 37.7 Å². The van der Waals surface area contributed by atoms with Crippen molar-refractivity contribution in [1.29, 1.82) is 0 Å². The molecule has 5 unspecified atom stereocenters. The molecule has 1 aromatic rings. The number of hydrogen-bond donors (Lipinski definition) is 3. The first-order valence-electron chi connectivity index (χ1n) is 10.5. The summed E-state index contributed by atoms with van der Waals surface area (Å²) in [5, 5.41) is 41.0. The van der Waals surface area contributed by atoms with Crippen LogP contribution in [0.4, 0.5) is 13.2 Å². The maximum absolute atomic E-state index is 12.8. The molecule has 1 saturated carbocycles. The fraction of sp³-hybridized carbons (Fsp3) is 0.522. The minimum absolute atomic E-state index is 0. The van der Waals surface area contributed by atoms with Crippen LogP contribution in [0.15, 0.2) is 48.6 Å². The van der Waals surface area contributed by atoms with E-state index >= 15 is 0 Å². The molecule has 0 radical (unpaired) electrons. The van der Waals surface area contributed by atoms with Crippen LogP contribution in [-0.4, -0.2) is 46.2 Å². The molecule has 1 aliphatic rings. The summed E-state index contributed by atoms with van der Waals surface area (Å²) in [6, 6.07) is 4.35. The number of alkyl halides is 3. The van der Waals surface area contributed by atoms with E-state index in [1.54, 1.807) is 6.08 Å². The fourth-order valence-electron chi connectivity index (χ4n) is 3.70. The summed E-state index contributed by atoms with van der Waals surface area (Å²) in [6.07, 6.45) is 1.15. The van der Waals surface area contributed by atoms with Crippen molar-refractivity contribution >= 4 is 5.97 Å². The maximum Gasteiger partial charge on any atom is 1.00 e. The van der Waals surface area contributed by atoms with Crippen LogP contribution in [0.5, 0.6) is 5.75 Å². The van der Waals surface area contributed by atoms with Gasteiger partial charge in [-0.1, -0.05) is 30.4 Å². The number of carbonyl (C=O) groups is 1. The van der Waals surface area contributed by atoms with Crippen molar-refractivity contribution < 1.29 is 72.7 Å². The van der Waals surface area contributed by atoms with Crippen LogP contribution in [0.25, 0.3) is 0 Å². The SMILES string of the molecule is O=C([O-])CCC/C=C\CC1C(O)CC(O)C1/C=C/C(O)COc1cccc(C(F)(F)F)c1.[Na+]. The second-order valence-electron chi connectivity index (χ2n) is 7.87. The molecule has 178 valence electrons. The van der Waals surface area contributed by atoms with Crippen molar-refractivity contribution in [2.24, 2.45) is 11.8 Å². The molecule has 0 bridgehead atoms. The number of ether oxygens (including phenoxy) is 1. The van der Waals surface area contributed by atoms with Gasteiger partial charge >= 0.3 is 35.7 Å². The van der Waals surface area contributed by atoms with Crippen molar-refractivity contribution in [3.63, 3.8) is 0 Å². The van der Waals surface area contributed by atoms with Crippen molar-refractivity contribution in [3.8, 4) is 5.75 Å². The molecule has 3 N–H and O–H groups in total. The zero-order chi connectivity index (χ0) is 23.7. The van der Waals surface area contributed by atoms with Gasteiger partial charge < -0.3 is 30.0 Å². The molecule has 1 aromatic carbocycles. The predicted molar refractivity (Wildman–Crippen MR) is 108 cm³/mol. The van der Waals surface area contributed by atoms with Gasteiger partial charge in [-0.2, -0.15) is 13.2 Å². The van der Waals surface area contributed by atoms with Crippen molar-refractivity contribution in [2.75, 3.05) is 6.61 Å². The summed E-state index contributed by atoms with van der Waals surface area (Å²) in [4.78, 5) is 10.4. The van der Waals surface area contributed by atoms with Crippen molar-refractivity contribution in [3.05, 3.63) is 54.1 Å². The third-order valence-corrected chi connectivity index (χ3v) is 5.38. The summed E-state index contributed by atoms with van der Waals surface area (Å²) in [7, 11) is 0. The molecule has 2 rings (SSSR count). The minimum atomic E-state index is -4.49. The Morgan fingerprint density at radius 1 is 1.24 bits per heavy atom. The van der Waals surface area contributed by atoms with Gasteiger partial charge in [0.15, 0.2) is 0 Å². The average Bonchev–Trinajstić information content (AvgIpc) is 2.99. The van der Waals surface area contributed by atoms with E-state index in [4.69, 9.17) is 4.74 Å². The number of aliphatic hydroxyl groups is 3. The first-order chi connectivity index (χ1) is 15.1. The van der Waals surface area contributed by atoms with Crippen LogP contribution in [0.2, 0.25) is 0 Å². The van der Waals surface area contributed by atoms with Crippen LogP contribution in [0.3, 0.4) is 0 Å². The number of rotatable bonds is 11. The quantitative estimate of drug-likeness (QED) is 0.218. The Hall–Kier alpha value is -1.36. The second kappa shape index (κ2) is 14.1. The van der Waals surface area contributed by atoms with Gasteiger partial charge in [-0.15, -0.1) is 0 Å². The largest absolute Gasteiger partial charge is 1.00 e. The number of benzene rings is 1. The Labute approximate surface area is 213 Å². The van der Waals surface area contributed by atoms with Crippen molar-refractivity contribution in [2.45, 2.75) is 56.6 Å². The van der Waals surface area contributed by atoms with Gasteiger partial charge in [-0.3, -0.25) is 0 Å². The number of aliphatic carboxylic acids is 1. The van der Waals surface area contributed by atoms with Gasteiger partial charge in [-0.05, 0) is 49.8 Å². The smallest absolute Gasteiger partial charge is 0.550 e. The summed E-state index contributed by atoms with van der Waals surface area (Å²) >= 11 is 0. The molecular formula is C23H28F3NaO6. The zero-order valence-corrected chi connectivity index (χ0v) is 20.4. The molecule has 0 heterocycles. The topological polar surface area (TPSA) is 110 Å². The Kier molecular flexibility index (Phi) is 12.7. The van der Waals surface area contributed by atoms with E-state index in [9.17, 15) is 38.4 Å². The summed E-state index contributed by atoms with van der Waals surface area (Å²) < 4.78 is 43.5. The van der Waals surface area contributed by atoms with E-state index in [-0.39, 0.29) is 60.7 Å².